The summed E-state index contributed by atoms with van der Waals surface area (Å²) in [6, 6.07) is 15.0. The number of hydrogen-bond acceptors (Lipinski definition) is 6. The largest absolute Gasteiger partial charge is 0.495 e. The van der Waals surface area contributed by atoms with Crippen molar-refractivity contribution in [2.24, 2.45) is 5.92 Å². The second-order valence-electron chi connectivity index (χ2n) is 9.80. The predicted molar refractivity (Wildman–Crippen MR) is 137 cm³/mol. The molecule has 3 aromatic rings. The highest BCUT2D eigenvalue weighted by Crippen LogP contribution is 2.40. The van der Waals surface area contributed by atoms with Crippen LogP contribution in [0.2, 0.25) is 0 Å². The normalized spacial score (nSPS) is 16.5. The Bertz CT molecular complexity index is 1120. The van der Waals surface area contributed by atoms with E-state index in [2.05, 4.69) is 65.9 Å². The number of aromatic nitrogens is 2. The molecule has 2 aromatic carbocycles. The van der Waals surface area contributed by atoms with Gasteiger partial charge in [0.1, 0.15) is 17.4 Å². The van der Waals surface area contributed by atoms with Gasteiger partial charge in [-0.3, -0.25) is 0 Å². The molecule has 2 heterocycles. The number of anilines is 3. The van der Waals surface area contributed by atoms with Crippen molar-refractivity contribution in [1.82, 2.24) is 9.97 Å². The van der Waals surface area contributed by atoms with Crippen LogP contribution >= 0.6 is 0 Å². The molecule has 0 bridgehead atoms. The second kappa shape index (κ2) is 9.08. The van der Waals surface area contributed by atoms with Crippen LogP contribution in [0.1, 0.15) is 38.4 Å². The van der Waals surface area contributed by atoms with Crippen LogP contribution in [-0.2, 0) is 0 Å². The van der Waals surface area contributed by atoms with Gasteiger partial charge in [-0.25, -0.2) is 9.97 Å². The smallest absolute Gasteiger partial charge is 0.142 e. The minimum Gasteiger partial charge on any atom is -0.495 e. The molecule has 0 unspecified atom stereocenters. The molecule has 1 aromatic heterocycles. The number of para-hydroxylation sites is 2. The summed E-state index contributed by atoms with van der Waals surface area (Å²) >= 11 is 0. The van der Waals surface area contributed by atoms with Crippen LogP contribution in [0, 0.1) is 5.92 Å². The zero-order valence-electron chi connectivity index (χ0n) is 20.3. The van der Waals surface area contributed by atoms with E-state index in [-0.39, 0.29) is 0 Å². The molecule has 1 saturated heterocycles. The van der Waals surface area contributed by atoms with Crippen LogP contribution in [0.5, 0.6) is 5.75 Å². The van der Waals surface area contributed by atoms with E-state index in [1.54, 1.807) is 7.11 Å². The highest BCUT2D eigenvalue weighted by atomic mass is 16.5. The summed E-state index contributed by atoms with van der Waals surface area (Å²) in [5.41, 5.74) is 3.46. The molecule has 0 radical (unpaired) electrons. The zero-order chi connectivity index (χ0) is 22.9. The number of ether oxygens (including phenoxy) is 1. The monoisotopic (exact) mass is 445 g/mol. The molecule has 1 aliphatic heterocycles. The minimum absolute atomic E-state index is 0.534. The fourth-order valence-electron chi connectivity index (χ4n) is 4.82. The van der Waals surface area contributed by atoms with Crippen LogP contribution < -0.4 is 19.4 Å². The molecule has 6 nitrogen and oxygen atoms in total. The summed E-state index contributed by atoms with van der Waals surface area (Å²) in [7, 11) is 3.92. The summed E-state index contributed by atoms with van der Waals surface area (Å²) in [6.45, 7) is 9.29. The van der Waals surface area contributed by atoms with Gasteiger partial charge in [0.15, 0.2) is 0 Å². The van der Waals surface area contributed by atoms with Crippen LogP contribution in [-0.4, -0.2) is 56.8 Å². The van der Waals surface area contributed by atoms with E-state index in [0.717, 1.165) is 55.6 Å². The van der Waals surface area contributed by atoms with Crippen molar-refractivity contribution in [3.8, 4) is 5.75 Å². The highest BCUT2D eigenvalue weighted by molar-refractivity contribution is 5.92. The molecule has 1 aliphatic carbocycles. The number of piperazine rings is 1. The second-order valence-corrected chi connectivity index (χ2v) is 9.80. The van der Waals surface area contributed by atoms with Crippen molar-refractivity contribution >= 4 is 28.1 Å². The van der Waals surface area contributed by atoms with Crippen molar-refractivity contribution in [2.75, 3.05) is 61.6 Å². The number of methoxy groups -OCH3 is 1. The van der Waals surface area contributed by atoms with E-state index < -0.39 is 0 Å². The molecule has 0 N–H and O–H groups in total. The minimum atomic E-state index is 0.534. The van der Waals surface area contributed by atoms with Gasteiger partial charge >= 0.3 is 0 Å². The first kappa shape index (κ1) is 21.8. The van der Waals surface area contributed by atoms with E-state index in [4.69, 9.17) is 14.7 Å². The Kier molecular flexibility index (Phi) is 6.00. The number of rotatable bonds is 7. The third kappa shape index (κ3) is 4.56. The lowest BCUT2D eigenvalue weighted by Gasteiger charge is -2.37. The van der Waals surface area contributed by atoms with E-state index in [1.807, 2.05) is 12.1 Å². The lowest BCUT2D eigenvalue weighted by Crippen LogP contribution is -2.47. The average Bonchev–Trinajstić information content (AvgIpc) is 3.68. The van der Waals surface area contributed by atoms with Crippen molar-refractivity contribution in [2.45, 2.75) is 32.6 Å². The first-order valence-electron chi connectivity index (χ1n) is 12.2. The summed E-state index contributed by atoms with van der Waals surface area (Å²) in [6.07, 6.45) is 2.42. The van der Waals surface area contributed by atoms with E-state index >= 15 is 0 Å². The molecule has 0 atom stereocenters. The predicted octanol–water partition coefficient (Wildman–Crippen LogP) is 4.93. The van der Waals surface area contributed by atoms with E-state index in [0.29, 0.717) is 11.8 Å². The first-order chi connectivity index (χ1) is 16.0. The van der Waals surface area contributed by atoms with Gasteiger partial charge in [-0.05, 0) is 49.1 Å². The molecule has 0 spiro atoms. The fraction of sp³-hybridized carbons (Fsp3) is 0.481. The Morgan fingerprint density at radius 2 is 1.73 bits per heavy atom. The standard InChI is InChI=1S/C27H35N5O/c1-19(2)18-30(3)21-11-12-23-22(17-21)27(29-26(28-23)20-9-10-20)32-15-13-31(14-16-32)24-7-5-6-8-25(24)33-4/h5-8,11-12,17,19-20H,9-10,13-16,18H2,1-4H3. The maximum Gasteiger partial charge on any atom is 0.142 e. The average molecular weight is 446 g/mol. The van der Waals surface area contributed by atoms with Crippen molar-refractivity contribution < 1.29 is 4.74 Å². The van der Waals surface area contributed by atoms with Crippen molar-refractivity contribution in [1.29, 1.82) is 0 Å². The maximum atomic E-state index is 5.60. The summed E-state index contributed by atoms with van der Waals surface area (Å²) in [4.78, 5) is 17.3. The lowest BCUT2D eigenvalue weighted by molar-refractivity contribution is 0.413. The van der Waals surface area contributed by atoms with Crippen LogP contribution in [0.4, 0.5) is 17.2 Å². The molecule has 2 aliphatic rings. The Hall–Kier alpha value is -3.02. The molecule has 5 rings (SSSR count). The molecule has 2 fully saturated rings. The number of fused-ring (bicyclic) bond motifs is 1. The van der Waals surface area contributed by atoms with Gasteiger partial charge in [-0.15, -0.1) is 0 Å². The molecule has 0 amide bonds. The molecule has 6 heteroatoms. The number of hydrogen-bond donors (Lipinski definition) is 0. The Morgan fingerprint density at radius 3 is 2.42 bits per heavy atom. The van der Waals surface area contributed by atoms with Crippen LogP contribution in [0.3, 0.4) is 0 Å². The Morgan fingerprint density at radius 1 is 1.00 bits per heavy atom. The maximum absolute atomic E-state index is 5.60. The lowest BCUT2D eigenvalue weighted by atomic mass is 10.1. The van der Waals surface area contributed by atoms with Gasteiger partial charge in [-0.1, -0.05) is 26.0 Å². The van der Waals surface area contributed by atoms with Gasteiger partial charge < -0.3 is 19.4 Å². The first-order valence-corrected chi connectivity index (χ1v) is 12.2. The third-order valence-electron chi connectivity index (χ3n) is 6.70. The molecule has 1 saturated carbocycles. The van der Waals surface area contributed by atoms with Gasteiger partial charge in [-0.2, -0.15) is 0 Å². The van der Waals surface area contributed by atoms with Gasteiger partial charge in [0.05, 0.1) is 18.3 Å². The third-order valence-corrected chi connectivity index (χ3v) is 6.70. The molecular weight excluding hydrogens is 410 g/mol. The number of benzene rings is 2. The quantitative estimate of drug-likeness (QED) is 0.514. The number of nitrogens with zero attached hydrogens (tertiary/aromatic N) is 5. The van der Waals surface area contributed by atoms with Crippen molar-refractivity contribution in [3.05, 3.63) is 48.3 Å². The Labute approximate surface area is 197 Å². The summed E-state index contributed by atoms with van der Waals surface area (Å²) in [5.74, 6) is 4.20. The van der Waals surface area contributed by atoms with Crippen LogP contribution in [0.25, 0.3) is 10.9 Å². The van der Waals surface area contributed by atoms with Gasteiger partial charge in [0.25, 0.3) is 0 Å². The molecular formula is C27H35N5O. The van der Waals surface area contributed by atoms with Crippen LogP contribution in [0.15, 0.2) is 42.5 Å². The van der Waals surface area contributed by atoms with Gasteiger partial charge in [0, 0.05) is 56.8 Å². The SMILES string of the molecule is COc1ccccc1N1CCN(c2nc(C3CC3)nc3ccc(N(C)CC(C)C)cc23)CC1. The fourth-order valence-corrected chi connectivity index (χ4v) is 4.82. The zero-order valence-corrected chi connectivity index (χ0v) is 20.3. The van der Waals surface area contributed by atoms with E-state index in [9.17, 15) is 0 Å². The summed E-state index contributed by atoms with van der Waals surface area (Å²) < 4.78 is 5.60. The van der Waals surface area contributed by atoms with Crippen molar-refractivity contribution in [3.63, 3.8) is 0 Å². The van der Waals surface area contributed by atoms with Gasteiger partial charge in [0.2, 0.25) is 0 Å². The molecule has 174 valence electrons. The molecule has 33 heavy (non-hydrogen) atoms. The topological polar surface area (TPSA) is 44.7 Å². The van der Waals surface area contributed by atoms with E-state index in [1.165, 1.54) is 29.6 Å². The summed E-state index contributed by atoms with van der Waals surface area (Å²) in [5, 5.41) is 1.17. The Balaban J connectivity index is 1.45. The highest BCUT2D eigenvalue weighted by Gasteiger charge is 2.29.